The van der Waals surface area contributed by atoms with Crippen molar-refractivity contribution in [2.24, 2.45) is 0 Å². The van der Waals surface area contributed by atoms with E-state index in [9.17, 15) is 9.18 Å². The predicted octanol–water partition coefficient (Wildman–Crippen LogP) is 3.17. The van der Waals surface area contributed by atoms with Crippen LogP contribution in [-0.2, 0) is 11.3 Å². The van der Waals surface area contributed by atoms with E-state index in [1.54, 1.807) is 43.5 Å². The molecule has 0 fully saturated rings. The number of carbonyl (C=O) groups is 1. The fourth-order valence-electron chi connectivity index (χ4n) is 2.34. The lowest BCUT2D eigenvalue weighted by molar-refractivity contribution is -0.117. The van der Waals surface area contributed by atoms with Gasteiger partial charge in [0, 0.05) is 17.8 Å². The number of hydrogen-bond acceptors (Lipinski definition) is 4. The number of ether oxygens (including phenoxy) is 1. The average Bonchev–Trinajstić information content (AvgIpc) is 2.63. The van der Waals surface area contributed by atoms with E-state index in [0.29, 0.717) is 30.1 Å². The van der Waals surface area contributed by atoms with Gasteiger partial charge in [0.15, 0.2) is 0 Å². The minimum Gasteiger partial charge on any atom is -0.497 e. The lowest BCUT2D eigenvalue weighted by Gasteiger charge is -2.20. The number of benzene rings is 2. The van der Waals surface area contributed by atoms with Crippen molar-refractivity contribution in [2.45, 2.75) is 13.5 Å². The second kappa shape index (κ2) is 8.81. The molecule has 0 unspecified atom stereocenters. The van der Waals surface area contributed by atoms with E-state index >= 15 is 0 Å². The molecule has 1 N–H and O–H groups in total. The Morgan fingerprint density at radius 1 is 1.28 bits per heavy atom. The highest BCUT2D eigenvalue weighted by Crippen LogP contribution is 2.16. The molecule has 0 saturated heterocycles. The van der Waals surface area contributed by atoms with Crippen LogP contribution in [0.1, 0.15) is 18.1 Å². The van der Waals surface area contributed by atoms with Gasteiger partial charge in [0.25, 0.3) is 0 Å². The minimum atomic E-state index is -0.437. The highest BCUT2D eigenvalue weighted by molar-refractivity contribution is 5.92. The van der Waals surface area contributed by atoms with E-state index in [2.05, 4.69) is 5.32 Å². The highest BCUT2D eigenvalue weighted by atomic mass is 19.1. The molecule has 0 bridgehead atoms. The molecule has 0 saturated carbocycles. The van der Waals surface area contributed by atoms with Gasteiger partial charge in [-0.3, -0.25) is 9.69 Å². The molecule has 0 aliphatic carbocycles. The number of methoxy groups -OCH3 is 1. The van der Waals surface area contributed by atoms with E-state index in [1.165, 1.54) is 6.07 Å². The van der Waals surface area contributed by atoms with Crippen LogP contribution < -0.4 is 10.1 Å². The smallest absolute Gasteiger partial charge is 0.238 e. The molecule has 0 spiro atoms. The first-order valence-corrected chi connectivity index (χ1v) is 7.90. The van der Waals surface area contributed by atoms with Gasteiger partial charge >= 0.3 is 0 Å². The molecule has 0 aliphatic heterocycles. The van der Waals surface area contributed by atoms with Crippen LogP contribution in [0.5, 0.6) is 5.75 Å². The summed E-state index contributed by atoms with van der Waals surface area (Å²) in [5.41, 5.74) is 1.41. The van der Waals surface area contributed by atoms with Crippen molar-refractivity contribution in [3.8, 4) is 11.8 Å². The maximum atomic E-state index is 14.0. The largest absolute Gasteiger partial charge is 0.497 e. The van der Waals surface area contributed by atoms with E-state index in [1.807, 2.05) is 17.9 Å². The number of nitrogens with zero attached hydrogens (tertiary/aromatic N) is 2. The molecule has 2 aromatic carbocycles. The first kappa shape index (κ1) is 18.4. The summed E-state index contributed by atoms with van der Waals surface area (Å²) >= 11 is 0. The van der Waals surface area contributed by atoms with Crippen molar-refractivity contribution in [2.75, 3.05) is 25.5 Å². The third kappa shape index (κ3) is 5.30. The summed E-state index contributed by atoms with van der Waals surface area (Å²) in [5.74, 6) is 0.0959. The van der Waals surface area contributed by atoms with Crippen LogP contribution in [0, 0.1) is 17.1 Å². The minimum absolute atomic E-state index is 0.141. The number of rotatable bonds is 7. The van der Waals surface area contributed by atoms with Gasteiger partial charge < -0.3 is 10.1 Å². The molecular formula is C19H20FN3O2. The quantitative estimate of drug-likeness (QED) is 0.840. The van der Waals surface area contributed by atoms with Gasteiger partial charge in [0.05, 0.1) is 25.3 Å². The summed E-state index contributed by atoms with van der Waals surface area (Å²) in [5, 5.41) is 11.6. The fourth-order valence-corrected chi connectivity index (χ4v) is 2.34. The van der Waals surface area contributed by atoms with E-state index in [4.69, 9.17) is 10.00 Å². The first-order chi connectivity index (χ1) is 12.0. The van der Waals surface area contributed by atoms with Crippen molar-refractivity contribution in [3.05, 3.63) is 59.4 Å². The third-order valence-electron chi connectivity index (χ3n) is 3.76. The van der Waals surface area contributed by atoms with Crippen LogP contribution in [0.2, 0.25) is 0 Å². The highest BCUT2D eigenvalue weighted by Gasteiger charge is 2.13. The molecular weight excluding hydrogens is 321 g/mol. The monoisotopic (exact) mass is 341 g/mol. The van der Waals surface area contributed by atoms with Crippen LogP contribution in [0.25, 0.3) is 0 Å². The summed E-state index contributed by atoms with van der Waals surface area (Å²) in [4.78, 5) is 14.0. The Morgan fingerprint density at radius 2 is 2.00 bits per heavy atom. The fraction of sp³-hybridized carbons (Fsp3) is 0.263. The molecule has 6 heteroatoms. The molecule has 0 aliphatic rings. The lowest BCUT2D eigenvalue weighted by atomic mass is 10.1. The van der Waals surface area contributed by atoms with Gasteiger partial charge in [-0.25, -0.2) is 4.39 Å². The zero-order valence-electron chi connectivity index (χ0n) is 14.3. The number of nitriles is 1. The van der Waals surface area contributed by atoms with Gasteiger partial charge in [-0.2, -0.15) is 5.26 Å². The van der Waals surface area contributed by atoms with E-state index < -0.39 is 5.82 Å². The molecule has 1 amide bonds. The van der Waals surface area contributed by atoms with Crippen LogP contribution in [0.4, 0.5) is 10.1 Å². The Kier molecular flexibility index (Phi) is 6.49. The Hall–Kier alpha value is -2.91. The first-order valence-electron chi connectivity index (χ1n) is 7.90. The zero-order valence-corrected chi connectivity index (χ0v) is 14.3. The number of nitrogens with one attached hydrogen (secondary N) is 1. The zero-order chi connectivity index (χ0) is 18.2. The van der Waals surface area contributed by atoms with E-state index in [-0.39, 0.29) is 18.0 Å². The Bertz CT molecular complexity index is 769. The Balaban J connectivity index is 1.96. The second-order valence-corrected chi connectivity index (χ2v) is 5.50. The van der Waals surface area contributed by atoms with E-state index in [0.717, 1.165) is 0 Å². The lowest BCUT2D eigenvalue weighted by Crippen LogP contribution is -2.33. The summed E-state index contributed by atoms with van der Waals surface area (Å²) in [6.07, 6.45) is 0. The molecule has 2 rings (SSSR count). The van der Waals surface area contributed by atoms with Crippen molar-refractivity contribution in [1.29, 1.82) is 5.26 Å². The number of amides is 1. The summed E-state index contributed by atoms with van der Waals surface area (Å²) in [7, 11) is 1.58. The molecule has 0 atom stereocenters. The standard InChI is InChI=1S/C19H20FN3O2/c1-3-23(12-15-5-4-14(11-21)10-18(15)20)13-19(24)22-16-6-8-17(25-2)9-7-16/h4-10H,3,12-13H2,1-2H3,(H,22,24). The maximum absolute atomic E-state index is 14.0. The van der Waals surface area contributed by atoms with Crippen LogP contribution in [0.3, 0.4) is 0 Å². The maximum Gasteiger partial charge on any atom is 0.238 e. The van der Waals surface area contributed by atoms with Gasteiger partial charge in [0.2, 0.25) is 5.91 Å². The number of likely N-dealkylation sites (N-methyl/N-ethyl adjacent to an activating group) is 1. The molecule has 25 heavy (non-hydrogen) atoms. The Labute approximate surface area is 146 Å². The molecule has 0 heterocycles. The average molecular weight is 341 g/mol. The summed E-state index contributed by atoms with van der Waals surface area (Å²) < 4.78 is 19.1. The molecule has 2 aromatic rings. The number of halogens is 1. The summed E-state index contributed by atoms with van der Waals surface area (Å²) in [6, 6.07) is 13.3. The van der Waals surface area contributed by atoms with Gasteiger partial charge in [-0.15, -0.1) is 0 Å². The number of hydrogen-bond donors (Lipinski definition) is 1. The van der Waals surface area contributed by atoms with Crippen molar-refractivity contribution >= 4 is 11.6 Å². The number of carbonyl (C=O) groups excluding carboxylic acids is 1. The molecule has 5 nitrogen and oxygen atoms in total. The van der Waals surface area contributed by atoms with Gasteiger partial charge in [-0.05, 0) is 42.9 Å². The normalized spacial score (nSPS) is 10.4. The summed E-state index contributed by atoms with van der Waals surface area (Å²) in [6.45, 7) is 2.93. The second-order valence-electron chi connectivity index (χ2n) is 5.50. The van der Waals surface area contributed by atoms with Gasteiger partial charge in [0.1, 0.15) is 11.6 Å². The molecule has 130 valence electrons. The Morgan fingerprint density at radius 3 is 2.56 bits per heavy atom. The molecule has 0 aromatic heterocycles. The topological polar surface area (TPSA) is 65.4 Å². The molecule has 0 radical (unpaired) electrons. The van der Waals surface area contributed by atoms with Crippen LogP contribution in [0.15, 0.2) is 42.5 Å². The third-order valence-corrected chi connectivity index (χ3v) is 3.76. The van der Waals surface area contributed by atoms with Crippen molar-refractivity contribution < 1.29 is 13.9 Å². The van der Waals surface area contributed by atoms with Crippen LogP contribution >= 0.6 is 0 Å². The van der Waals surface area contributed by atoms with Crippen molar-refractivity contribution in [3.63, 3.8) is 0 Å². The van der Waals surface area contributed by atoms with Crippen LogP contribution in [-0.4, -0.2) is 31.0 Å². The van der Waals surface area contributed by atoms with Crippen molar-refractivity contribution in [1.82, 2.24) is 4.90 Å². The number of anilines is 1. The predicted molar refractivity (Wildman–Crippen MR) is 93.7 cm³/mol. The van der Waals surface area contributed by atoms with Gasteiger partial charge in [-0.1, -0.05) is 13.0 Å². The SMILES string of the molecule is CCN(CC(=O)Nc1ccc(OC)cc1)Cc1ccc(C#N)cc1F.